The van der Waals surface area contributed by atoms with E-state index in [0.29, 0.717) is 6.04 Å². The van der Waals surface area contributed by atoms with Crippen molar-refractivity contribution in [3.63, 3.8) is 0 Å². The molecule has 0 saturated heterocycles. The van der Waals surface area contributed by atoms with E-state index in [9.17, 15) is 0 Å². The quantitative estimate of drug-likeness (QED) is 0.862. The maximum Gasteiger partial charge on any atom is 0.0948 e. The van der Waals surface area contributed by atoms with Crippen LogP contribution in [0.2, 0.25) is 0 Å². The van der Waals surface area contributed by atoms with Crippen molar-refractivity contribution in [2.24, 2.45) is 0 Å². The van der Waals surface area contributed by atoms with E-state index in [-0.39, 0.29) is 0 Å². The summed E-state index contributed by atoms with van der Waals surface area (Å²) in [5.74, 6) is 0. The molecule has 0 aliphatic heterocycles. The van der Waals surface area contributed by atoms with Crippen molar-refractivity contribution < 1.29 is 0 Å². The molecule has 0 aliphatic rings. The minimum Gasteiger partial charge on any atom is -0.334 e. The summed E-state index contributed by atoms with van der Waals surface area (Å²) in [4.78, 5) is 4.19. The first-order valence-electron chi connectivity index (χ1n) is 6.97. The van der Waals surface area contributed by atoms with Crippen LogP contribution in [-0.4, -0.2) is 15.6 Å². The van der Waals surface area contributed by atoms with Crippen LogP contribution in [0.5, 0.6) is 0 Å². The highest BCUT2D eigenvalue weighted by Gasteiger charge is 2.06. The number of hydrogen-bond acceptors (Lipinski definition) is 2. The summed E-state index contributed by atoms with van der Waals surface area (Å²) in [6, 6.07) is 9.05. The van der Waals surface area contributed by atoms with Gasteiger partial charge in [0.25, 0.3) is 0 Å². The Bertz CT molecular complexity index is 516. The Labute approximate surface area is 115 Å². The van der Waals surface area contributed by atoms with Gasteiger partial charge in [0.15, 0.2) is 0 Å². The highest BCUT2D eigenvalue weighted by molar-refractivity contribution is 5.26. The second kappa shape index (κ2) is 6.53. The average Bonchev–Trinajstić information content (AvgIpc) is 2.86. The van der Waals surface area contributed by atoms with Gasteiger partial charge < -0.3 is 9.88 Å². The Morgan fingerprint density at radius 1 is 1.32 bits per heavy atom. The van der Waals surface area contributed by atoms with Crippen molar-refractivity contribution in [3.05, 3.63) is 53.6 Å². The topological polar surface area (TPSA) is 29.9 Å². The Morgan fingerprint density at radius 3 is 2.84 bits per heavy atom. The number of rotatable bonds is 6. The maximum absolute atomic E-state index is 4.19. The van der Waals surface area contributed by atoms with E-state index in [4.69, 9.17) is 0 Å². The minimum absolute atomic E-state index is 0.460. The third kappa shape index (κ3) is 3.67. The number of hydrogen-bond donors (Lipinski definition) is 1. The minimum atomic E-state index is 0.460. The van der Waals surface area contributed by atoms with Crippen LogP contribution in [0.3, 0.4) is 0 Å². The summed E-state index contributed by atoms with van der Waals surface area (Å²) >= 11 is 0. The van der Waals surface area contributed by atoms with Gasteiger partial charge in [0, 0.05) is 25.3 Å². The smallest absolute Gasteiger partial charge is 0.0948 e. The van der Waals surface area contributed by atoms with Gasteiger partial charge in [-0.2, -0.15) is 0 Å². The molecular weight excluding hydrogens is 234 g/mol. The van der Waals surface area contributed by atoms with Gasteiger partial charge in [-0.3, -0.25) is 0 Å². The van der Waals surface area contributed by atoms with Crippen LogP contribution in [0.1, 0.15) is 30.7 Å². The Morgan fingerprint density at radius 2 is 2.11 bits per heavy atom. The third-order valence-electron chi connectivity index (χ3n) is 3.56. The van der Waals surface area contributed by atoms with Crippen molar-refractivity contribution in [2.45, 2.75) is 46.3 Å². The molecule has 1 unspecified atom stereocenters. The fourth-order valence-corrected chi connectivity index (χ4v) is 2.30. The molecule has 1 atom stereocenters. The fraction of sp³-hybridized carbons (Fsp3) is 0.438. The van der Waals surface area contributed by atoms with E-state index in [1.54, 1.807) is 0 Å². The zero-order valence-electron chi connectivity index (χ0n) is 12.1. The van der Waals surface area contributed by atoms with E-state index < -0.39 is 0 Å². The molecule has 3 nitrogen and oxygen atoms in total. The molecule has 1 aromatic carbocycles. The lowest BCUT2D eigenvalue weighted by molar-refractivity contribution is 0.526. The van der Waals surface area contributed by atoms with Gasteiger partial charge in [0.1, 0.15) is 0 Å². The van der Waals surface area contributed by atoms with E-state index in [0.717, 1.165) is 19.5 Å². The van der Waals surface area contributed by atoms with Crippen molar-refractivity contribution in [1.29, 1.82) is 0 Å². The molecular formula is C16H23N3. The summed E-state index contributed by atoms with van der Waals surface area (Å²) in [7, 11) is 0. The fourth-order valence-electron chi connectivity index (χ4n) is 2.30. The number of aromatic nitrogens is 2. The third-order valence-corrected chi connectivity index (χ3v) is 3.56. The number of imidazole rings is 1. The van der Waals surface area contributed by atoms with Crippen LogP contribution in [0.15, 0.2) is 36.8 Å². The summed E-state index contributed by atoms with van der Waals surface area (Å²) in [6.07, 6.45) is 4.90. The predicted octanol–water partition coefficient (Wildman–Crippen LogP) is 2.93. The van der Waals surface area contributed by atoms with Crippen LogP contribution in [0.25, 0.3) is 0 Å². The average molecular weight is 257 g/mol. The van der Waals surface area contributed by atoms with Gasteiger partial charge in [0.05, 0.1) is 12.0 Å². The van der Waals surface area contributed by atoms with E-state index in [2.05, 4.69) is 59.9 Å². The summed E-state index contributed by atoms with van der Waals surface area (Å²) in [5, 5.41) is 3.57. The largest absolute Gasteiger partial charge is 0.334 e. The molecule has 102 valence electrons. The second-order valence-electron chi connectivity index (χ2n) is 5.08. The standard InChI is InChI=1S/C16H23N3/c1-4-19-12-17-10-16(19)11-18-14(3)9-15-8-6-5-7-13(15)2/h5-8,10,12,14,18H,4,9,11H2,1-3H3. The molecule has 19 heavy (non-hydrogen) atoms. The molecule has 0 saturated carbocycles. The maximum atomic E-state index is 4.19. The van der Waals surface area contributed by atoms with E-state index in [1.807, 2.05) is 12.5 Å². The van der Waals surface area contributed by atoms with Crippen LogP contribution in [-0.2, 0) is 19.5 Å². The first kappa shape index (κ1) is 13.8. The Kier molecular flexibility index (Phi) is 4.74. The molecule has 3 heteroatoms. The lowest BCUT2D eigenvalue weighted by atomic mass is 10.0. The zero-order valence-corrected chi connectivity index (χ0v) is 12.1. The van der Waals surface area contributed by atoms with Gasteiger partial charge in [-0.25, -0.2) is 4.98 Å². The van der Waals surface area contributed by atoms with Crippen molar-refractivity contribution in [1.82, 2.24) is 14.9 Å². The van der Waals surface area contributed by atoms with Crippen LogP contribution >= 0.6 is 0 Å². The van der Waals surface area contributed by atoms with Crippen molar-refractivity contribution in [2.75, 3.05) is 0 Å². The van der Waals surface area contributed by atoms with E-state index >= 15 is 0 Å². The molecule has 0 bridgehead atoms. The Balaban J connectivity index is 1.88. The number of nitrogens with zero attached hydrogens (tertiary/aromatic N) is 2. The molecule has 0 spiro atoms. The SMILES string of the molecule is CCn1cncc1CNC(C)Cc1ccccc1C. The first-order valence-corrected chi connectivity index (χ1v) is 6.97. The van der Waals surface area contributed by atoms with Gasteiger partial charge in [-0.15, -0.1) is 0 Å². The highest BCUT2D eigenvalue weighted by atomic mass is 15.1. The molecule has 2 aromatic rings. The molecule has 0 fully saturated rings. The Hall–Kier alpha value is -1.61. The molecule has 2 rings (SSSR count). The van der Waals surface area contributed by atoms with Crippen molar-refractivity contribution >= 4 is 0 Å². The molecule has 1 heterocycles. The molecule has 0 amide bonds. The normalized spacial score (nSPS) is 12.6. The van der Waals surface area contributed by atoms with Gasteiger partial charge in [-0.05, 0) is 38.3 Å². The van der Waals surface area contributed by atoms with E-state index in [1.165, 1.54) is 16.8 Å². The monoisotopic (exact) mass is 257 g/mol. The van der Waals surface area contributed by atoms with Crippen molar-refractivity contribution in [3.8, 4) is 0 Å². The zero-order chi connectivity index (χ0) is 13.7. The lowest BCUT2D eigenvalue weighted by Gasteiger charge is -2.15. The molecule has 1 aromatic heterocycles. The first-order chi connectivity index (χ1) is 9.20. The summed E-state index contributed by atoms with van der Waals surface area (Å²) < 4.78 is 2.17. The summed E-state index contributed by atoms with van der Waals surface area (Å²) in [5.41, 5.74) is 4.04. The predicted molar refractivity (Wildman–Crippen MR) is 79.1 cm³/mol. The van der Waals surface area contributed by atoms with Crippen LogP contribution in [0.4, 0.5) is 0 Å². The molecule has 1 N–H and O–H groups in total. The summed E-state index contributed by atoms with van der Waals surface area (Å²) in [6.45, 7) is 8.40. The lowest BCUT2D eigenvalue weighted by Crippen LogP contribution is -2.28. The van der Waals surface area contributed by atoms with Crippen LogP contribution < -0.4 is 5.32 Å². The molecule has 0 aliphatic carbocycles. The highest BCUT2D eigenvalue weighted by Crippen LogP contribution is 2.10. The molecule has 0 radical (unpaired) electrons. The van der Waals surface area contributed by atoms with Crippen LogP contribution in [0, 0.1) is 6.92 Å². The van der Waals surface area contributed by atoms with Gasteiger partial charge >= 0.3 is 0 Å². The number of nitrogens with one attached hydrogen (secondary N) is 1. The van der Waals surface area contributed by atoms with Gasteiger partial charge in [0.2, 0.25) is 0 Å². The number of aryl methyl sites for hydroxylation is 2. The number of benzene rings is 1. The van der Waals surface area contributed by atoms with Gasteiger partial charge in [-0.1, -0.05) is 24.3 Å². The second-order valence-corrected chi connectivity index (χ2v) is 5.08.